The van der Waals surface area contributed by atoms with E-state index in [0.29, 0.717) is 12.2 Å². The molecule has 1 aliphatic heterocycles. The maximum absolute atomic E-state index is 8.67. The Bertz CT molecular complexity index is 445. The van der Waals surface area contributed by atoms with Crippen molar-refractivity contribution in [3.63, 3.8) is 0 Å². The molecule has 2 heterocycles. The van der Waals surface area contributed by atoms with Crippen molar-refractivity contribution in [1.82, 2.24) is 9.88 Å². The van der Waals surface area contributed by atoms with Crippen LogP contribution in [0.4, 0.5) is 5.69 Å². The van der Waals surface area contributed by atoms with Crippen LogP contribution in [-0.2, 0) is 0 Å². The molecule has 1 aromatic rings. The first-order valence-electron chi connectivity index (χ1n) is 5.54. The van der Waals surface area contributed by atoms with Gasteiger partial charge in [-0.05, 0) is 12.1 Å². The SMILES string of the molecule is N#CCN1CCN(c2ccc(C#N)nc2)CC1. The summed E-state index contributed by atoms with van der Waals surface area (Å²) in [5, 5.41) is 17.3. The van der Waals surface area contributed by atoms with Crippen molar-refractivity contribution in [2.24, 2.45) is 0 Å². The number of rotatable bonds is 2. The van der Waals surface area contributed by atoms with Gasteiger partial charge in [-0.2, -0.15) is 10.5 Å². The predicted molar refractivity (Wildman–Crippen MR) is 63.2 cm³/mol. The minimum Gasteiger partial charge on any atom is -0.368 e. The van der Waals surface area contributed by atoms with Gasteiger partial charge in [-0.15, -0.1) is 0 Å². The van der Waals surface area contributed by atoms with Gasteiger partial charge in [0.2, 0.25) is 0 Å². The zero-order valence-electron chi connectivity index (χ0n) is 9.50. The molecule has 0 N–H and O–H groups in total. The first kappa shape index (κ1) is 11.4. The Labute approximate surface area is 101 Å². The van der Waals surface area contributed by atoms with Crippen LogP contribution < -0.4 is 4.90 Å². The lowest BCUT2D eigenvalue weighted by atomic mass is 10.2. The highest BCUT2D eigenvalue weighted by molar-refractivity contribution is 5.46. The molecule has 0 bridgehead atoms. The molecule has 1 saturated heterocycles. The molecule has 1 fully saturated rings. The van der Waals surface area contributed by atoms with Crippen LogP contribution in [0.5, 0.6) is 0 Å². The highest BCUT2D eigenvalue weighted by Crippen LogP contribution is 2.15. The summed E-state index contributed by atoms with van der Waals surface area (Å²) in [6.07, 6.45) is 1.73. The predicted octanol–water partition coefficient (Wildman–Crippen LogP) is 0.599. The molecular weight excluding hydrogens is 214 g/mol. The summed E-state index contributed by atoms with van der Waals surface area (Å²) in [5.74, 6) is 0. The molecule has 0 aromatic carbocycles. The average molecular weight is 227 g/mol. The summed E-state index contributed by atoms with van der Waals surface area (Å²) < 4.78 is 0. The number of aromatic nitrogens is 1. The van der Waals surface area contributed by atoms with E-state index in [-0.39, 0.29) is 0 Å². The van der Waals surface area contributed by atoms with Crippen molar-refractivity contribution in [1.29, 1.82) is 10.5 Å². The summed E-state index contributed by atoms with van der Waals surface area (Å²) in [7, 11) is 0. The number of hydrogen-bond acceptors (Lipinski definition) is 5. The topological polar surface area (TPSA) is 67.0 Å². The van der Waals surface area contributed by atoms with Crippen LogP contribution in [0, 0.1) is 22.7 Å². The summed E-state index contributed by atoms with van der Waals surface area (Å²) in [6.45, 7) is 4.09. The second kappa shape index (κ2) is 5.29. The van der Waals surface area contributed by atoms with E-state index in [2.05, 4.69) is 20.9 Å². The normalized spacial score (nSPS) is 16.2. The summed E-state index contributed by atoms with van der Waals surface area (Å²) >= 11 is 0. The van der Waals surface area contributed by atoms with E-state index in [1.807, 2.05) is 12.1 Å². The van der Waals surface area contributed by atoms with Crippen LogP contribution >= 0.6 is 0 Å². The van der Waals surface area contributed by atoms with E-state index in [0.717, 1.165) is 31.9 Å². The molecule has 0 atom stereocenters. The number of piperazine rings is 1. The minimum atomic E-state index is 0.442. The Kier molecular flexibility index (Phi) is 3.54. The van der Waals surface area contributed by atoms with Crippen molar-refractivity contribution in [3.8, 4) is 12.1 Å². The van der Waals surface area contributed by atoms with Crippen molar-refractivity contribution in [2.75, 3.05) is 37.6 Å². The lowest BCUT2D eigenvalue weighted by Crippen LogP contribution is -2.46. The van der Waals surface area contributed by atoms with Crippen LogP contribution in [0.3, 0.4) is 0 Å². The van der Waals surface area contributed by atoms with E-state index in [1.54, 1.807) is 12.3 Å². The maximum Gasteiger partial charge on any atom is 0.140 e. The summed E-state index contributed by atoms with van der Waals surface area (Å²) in [5.41, 5.74) is 1.48. The van der Waals surface area contributed by atoms with E-state index >= 15 is 0 Å². The molecule has 0 spiro atoms. The van der Waals surface area contributed by atoms with E-state index in [4.69, 9.17) is 10.5 Å². The van der Waals surface area contributed by atoms with Crippen LogP contribution in [0.25, 0.3) is 0 Å². The van der Waals surface area contributed by atoms with Gasteiger partial charge in [0.1, 0.15) is 11.8 Å². The van der Waals surface area contributed by atoms with E-state index < -0.39 is 0 Å². The number of nitriles is 2. The Hall–Kier alpha value is -2.11. The van der Waals surface area contributed by atoms with Crippen LogP contribution in [0.15, 0.2) is 18.3 Å². The highest BCUT2D eigenvalue weighted by Gasteiger charge is 2.16. The Morgan fingerprint density at radius 3 is 2.47 bits per heavy atom. The lowest BCUT2D eigenvalue weighted by Gasteiger charge is -2.34. The third-order valence-electron chi connectivity index (χ3n) is 2.89. The van der Waals surface area contributed by atoms with E-state index in [9.17, 15) is 0 Å². The molecular formula is C12H13N5. The van der Waals surface area contributed by atoms with E-state index in [1.165, 1.54) is 0 Å². The second-order valence-electron chi connectivity index (χ2n) is 3.93. The quantitative estimate of drug-likeness (QED) is 0.692. The van der Waals surface area contributed by atoms with Gasteiger partial charge in [0.15, 0.2) is 0 Å². The van der Waals surface area contributed by atoms with Gasteiger partial charge in [-0.1, -0.05) is 0 Å². The average Bonchev–Trinajstić information content (AvgIpc) is 2.40. The van der Waals surface area contributed by atoms with Gasteiger partial charge in [0.05, 0.1) is 24.5 Å². The van der Waals surface area contributed by atoms with Gasteiger partial charge < -0.3 is 4.90 Å². The minimum absolute atomic E-state index is 0.442. The zero-order chi connectivity index (χ0) is 12.1. The maximum atomic E-state index is 8.67. The molecule has 0 saturated carbocycles. The van der Waals surface area contributed by atoms with Gasteiger partial charge in [-0.25, -0.2) is 4.98 Å². The molecule has 5 heteroatoms. The van der Waals surface area contributed by atoms with Gasteiger partial charge in [0.25, 0.3) is 0 Å². The summed E-state index contributed by atoms with van der Waals surface area (Å²) in [6, 6.07) is 7.83. The van der Waals surface area contributed by atoms with Crippen molar-refractivity contribution >= 4 is 5.69 Å². The highest BCUT2D eigenvalue weighted by atomic mass is 15.3. The van der Waals surface area contributed by atoms with Gasteiger partial charge >= 0.3 is 0 Å². The Morgan fingerprint density at radius 2 is 1.94 bits per heavy atom. The molecule has 1 aromatic heterocycles. The number of anilines is 1. The summed E-state index contributed by atoms with van der Waals surface area (Å²) in [4.78, 5) is 8.42. The Balaban J connectivity index is 1.96. The first-order valence-corrected chi connectivity index (χ1v) is 5.54. The largest absolute Gasteiger partial charge is 0.368 e. The van der Waals surface area contributed by atoms with Crippen molar-refractivity contribution in [3.05, 3.63) is 24.0 Å². The fourth-order valence-electron chi connectivity index (χ4n) is 1.90. The molecule has 0 unspecified atom stereocenters. The molecule has 2 rings (SSSR count). The third-order valence-corrected chi connectivity index (χ3v) is 2.89. The van der Waals surface area contributed by atoms with Crippen molar-refractivity contribution in [2.45, 2.75) is 0 Å². The molecule has 0 radical (unpaired) electrons. The second-order valence-corrected chi connectivity index (χ2v) is 3.93. The molecule has 5 nitrogen and oxygen atoms in total. The molecule has 17 heavy (non-hydrogen) atoms. The molecule has 1 aliphatic rings. The Morgan fingerprint density at radius 1 is 1.18 bits per heavy atom. The van der Waals surface area contributed by atoms with Gasteiger partial charge in [0, 0.05) is 26.2 Å². The number of hydrogen-bond donors (Lipinski definition) is 0. The van der Waals surface area contributed by atoms with Crippen LogP contribution in [-0.4, -0.2) is 42.6 Å². The molecule has 0 amide bonds. The molecule has 86 valence electrons. The third kappa shape index (κ3) is 2.72. The lowest BCUT2D eigenvalue weighted by molar-refractivity contribution is 0.287. The van der Waals surface area contributed by atoms with Crippen LogP contribution in [0.1, 0.15) is 5.69 Å². The van der Waals surface area contributed by atoms with Gasteiger partial charge in [-0.3, -0.25) is 4.90 Å². The van der Waals surface area contributed by atoms with Crippen molar-refractivity contribution < 1.29 is 0 Å². The smallest absolute Gasteiger partial charge is 0.140 e. The number of pyridine rings is 1. The fourth-order valence-corrected chi connectivity index (χ4v) is 1.90. The first-order chi connectivity index (χ1) is 8.33. The monoisotopic (exact) mass is 227 g/mol. The zero-order valence-corrected chi connectivity index (χ0v) is 9.50. The van der Waals surface area contributed by atoms with Crippen LogP contribution in [0.2, 0.25) is 0 Å². The standard InChI is InChI=1S/C12H13N5/c13-3-4-16-5-7-17(8-6-16)12-2-1-11(9-14)15-10-12/h1-2,10H,4-8H2. The fraction of sp³-hybridized carbons (Fsp3) is 0.417. The molecule has 0 aliphatic carbocycles. The number of nitrogens with zero attached hydrogens (tertiary/aromatic N) is 5.